The summed E-state index contributed by atoms with van der Waals surface area (Å²) in [5.74, 6) is -0.00203. The van der Waals surface area contributed by atoms with Crippen LogP contribution in [-0.4, -0.2) is 33.8 Å². The zero-order chi connectivity index (χ0) is 18.1. The van der Waals surface area contributed by atoms with Crippen molar-refractivity contribution in [2.75, 3.05) is 12.4 Å². The van der Waals surface area contributed by atoms with Gasteiger partial charge in [0.1, 0.15) is 11.6 Å². The van der Waals surface area contributed by atoms with Crippen molar-refractivity contribution >= 4 is 33.1 Å². The van der Waals surface area contributed by atoms with Crippen LogP contribution < -0.4 is 10.2 Å². The number of carbonyl (C=O) groups excluding carboxylic acids is 1. The lowest BCUT2D eigenvalue weighted by atomic mass is 10.2. The summed E-state index contributed by atoms with van der Waals surface area (Å²) >= 11 is 1.69. The molecule has 7 heteroatoms. The molecule has 1 aromatic carbocycles. The topological polar surface area (TPSA) is 64.2 Å². The molecule has 0 saturated heterocycles. The highest BCUT2D eigenvalue weighted by atomic mass is 32.1. The molecule has 25 heavy (non-hydrogen) atoms. The van der Waals surface area contributed by atoms with Gasteiger partial charge in [-0.25, -0.2) is 4.98 Å². The number of anilines is 1. The van der Waals surface area contributed by atoms with E-state index >= 15 is 0 Å². The number of fused-ring (bicyclic) bond motifs is 1. The summed E-state index contributed by atoms with van der Waals surface area (Å²) in [7, 11) is 3.91. The largest absolute Gasteiger partial charge is 0.322 e. The van der Waals surface area contributed by atoms with Crippen molar-refractivity contribution < 1.29 is 9.69 Å². The molecule has 0 radical (unpaired) electrons. The van der Waals surface area contributed by atoms with E-state index in [9.17, 15) is 4.79 Å². The monoisotopic (exact) mass is 358 g/mol. The van der Waals surface area contributed by atoms with Crippen molar-refractivity contribution in [2.24, 2.45) is 7.05 Å². The lowest BCUT2D eigenvalue weighted by Gasteiger charge is -2.20. The van der Waals surface area contributed by atoms with Crippen LogP contribution in [0, 0.1) is 13.8 Å². The molecule has 6 nitrogen and oxygen atoms in total. The Balaban J connectivity index is 1.68. The number of carbonyl (C=O) groups is 1. The van der Waals surface area contributed by atoms with E-state index in [1.807, 2.05) is 53.1 Å². The average molecular weight is 358 g/mol. The summed E-state index contributed by atoms with van der Waals surface area (Å²) in [5, 5.41) is 8.43. The number of nitrogens with zero attached hydrogens (tertiary/aromatic N) is 3. The number of likely N-dealkylation sites (N-methyl/N-ethyl adjacent to an activating group) is 1. The van der Waals surface area contributed by atoms with E-state index < -0.39 is 0 Å². The summed E-state index contributed by atoms with van der Waals surface area (Å²) in [4.78, 5) is 18.4. The first-order chi connectivity index (χ1) is 11.9. The number of benzene rings is 1. The molecule has 0 aliphatic rings. The first kappa shape index (κ1) is 17.6. The van der Waals surface area contributed by atoms with Crippen LogP contribution in [0.4, 0.5) is 5.69 Å². The molecular weight excluding hydrogens is 334 g/mol. The number of rotatable bonds is 5. The van der Waals surface area contributed by atoms with Gasteiger partial charge in [-0.2, -0.15) is 5.10 Å². The van der Waals surface area contributed by atoms with E-state index in [0.717, 1.165) is 39.0 Å². The van der Waals surface area contributed by atoms with E-state index in [4.69, 9.17) is 0 Å². The molecule has 3 aromatic rings. The van der Waals surface area contributed by atoms with Gasteiger partial charge in [-0.1, -0.05) is 12.1 Å². The fourth-order valence-corrected chi connectivity index (χ4v) is 3.86. The number of hydrogen-bond acceptors (Lipinski definition) is 4. The maximum atomic E-state index is 12.6. The highest BCUT2D eigenvalue weighted by molar-refractivity contribution is 7.18. The minimum atomic E-state index is -0.189. The number of amides is 1. The minimum absolute atomic E-state index is 0.00203. The third kappa shape index (κ3) is 3.57. The van der Waals surface area contributed by atoms with Crippen molar-refractivity contribution in [3.8, 4) is 0 Å². The molecule has 132 valence electrons. The number of thiazole rings is 1. The van der Waals surface area contributed by atoms with E-state index in [0.29, 0.717) is 0 Å². The quantitative estimate of drug-likeness (QED) is 0.729. The van der Waals surface area contributed by atoms with Gasteiger partial charge in [-0.05, 0) is 32.9 Å². The second-order valence-corrected chi connectivity index (χ2v) is 7.59. The average Bonchev–Trinajstić information content (AvgIpc) is 3.09. The highest BCUT2D eigenvalue weighted by Crippen LogP contribution is 2.21. The molecule has 0 aliphatic carbocycles. The summed E-state index contributed by atoms with van der Waals surface area (Å²) < 4.78 is 2.97. The van der Waals surface area contributed by atoms with Crippen molar-refractivity contribution in [3.05, 3.63) is 40.7 Å². The fourth-order valence-electron chi connectivity index (χ4n) is 2.80. The van der Waals surface area contributed by atoms with Crippen LogP contribution >= 0.6 is 11.3 Å². The number of para-hydroxylation sites is 1. The Kier molecular flexibility index (Phi) is 4.87. The SMILES string of the molecule is Cc1nn(C)c(C)c1NC(=O)[C@@H](C)[NH+](C)Cc1nc2ccccc2s1. The zero-order valence-corrected chi connectivity index (χ0v) is 16.1. The van der Waals surface area contributed by atoms with E-state index in [1.165, 1.54) is 4.70 Å². The molecule has 2 aromatic heterocycles. The number of aryl methyl sites for hydroxylation is 2. The van der Waals surface area contributed by atoms with Gasteiger partial charge in [-0.3, -0.25) is 9.48 Å². The van der Waals surface area contributed by atoms with E-state index in [-0.39, 0.29) is 11.9 Å². The van der Waals surface area contributed by atoms with E-state index in [1.54, 1.807) is 16.0 Å². The Bertz CT molecular complexity index is 880. The van der Waals surface area contributed by atoms with Crippen LogP contribution in [0.3, 0.4) is 0 Å². The van der Waals surface area contributed by atoms with Crippen LogP contribution in [0.15, 0.2) is 24.3 Å². The molecule has 0 saturated carbocycles. The molecule has 2 N–H and O–H groups in total. The van der Waals surface area contributed by atoms with Gasteiger partial charge in [-0.15, -0.1) is 11.3 Å². The molecule has 3 rings (SSSR count). The molecule has 0 aliphatic heterocycles. The second-order valence-electron chi connectivity index (χ2n) is 6.48. The number of aromatic nitrogens is 3. The van der Waals surface area contributed by atoms with Gasteiger partial charge in [0.2, 0.25) is 0 Å². The smallest absolute Gasteiger partial charge is 0.282 e. The summed E-state index contributed by atoms with van der Waals surface area (Å²) in [6.07, 6.45) is 0. The molecule has 1 amide bonds. The third-order valence-corrected chi connectivity index (χ3v) is 5.69. The van der Waals surface area contributed by atoms with E-state index in [2.05, 4.69) is 21.5 Å². The molecular formula is C18H24N5OS+. The van der Waals surface area contributed by atoms with Gasteiger partial charge in [0.15, 0.2) is 6.04 Å². The van der Waals surface area contributed by atoms with Gasteiger partial charge in [0.05, 0.1) is 34.3 Å². The Morgan fingerprint density at radius 1 is 1.36 bits per heavy atom. The molecule has 2 atom stereocenters. The maximum Gasteiger partial charge on any atom is 0.282 e. The van der Waals surface area contributed by atoms with Crippen molar-refractivity contribution in [3.63, 3.8) is 0 Å². The number of quaternary nitrogens is 1. The van der Waals surface area contributed by atoms with Crippen LogP contribution in [0.25, 0.3) is 10.2 Å². The maximum absolute atomic E-state index is 12.6. The normalized spacial score (nSPS) is 13.8. The Morgan fingerprint density at radius 2 is 2.08 bits per heavy atom. The first-order valence-electron chi connectivity index (χ1n) is 8.34. The standard InChI is InChI=1S/C18H23N5OS/c1-11-17(12(2)23(5)21-11)20-18(24)13(3)22(4)10-16-19-14-8-6-7-9-15(14)25-16/h6-9,13H,10H2,1-5H3,(H,20,24)/p+1/t13-/m1/s1. The Morgan fingerprint density at radius 3 is 2.72 bits per heavy atom. The Hall–Kier alpha value is -2.25. The fraction of sp³-hybridized carbons (Fsp3) is 0.389. The van der Waals surface area contributed by atoms with Crippen molar-refractivity contribution in [1.82, 2.24) is 14.8 Å². The molecule has 0 fully saturated rings. The van der Waals surface area contributed by atoms with Crippen LogP contribution in [0.5, 0.6) is 0 Å². The Labute approximate surface area is 151 Å². The molecule has 1 unspecified atom stereocenters. The second kappa shape index (κ2) is 6.93. The van der Waals surface area contributed by atoms with Crippen LogP contribution in [-0.2, 0) is 18.4 Å². The molecule has 0 spiro atoms. The summed E-state index contributed by atoms with van der Waals surface area (Å²) in [6.45, 7) is 6.53. The zero-order valence-electron chi connectivity index (χ0n) is 15.3. The molecule has 0 bridgehead atoms. The van der Waals surface area contributed by atoms with Crippen LogP contribution in [0.2, 0.25) is 0 Å². The summed E-state index contributed by atoms with van der Waals surface area (Å²) in [6, 6.07) is 7.93. The predicted octanol–water partition coefficient (Wildman–Crippen LogP) is 1.69. The van der Waals surface area contributed by atoms with Crippen LogP contribution in [0.1, 0.15) is 23.3 Å². The lowest BCUT2D eigenvalue weighted by Crippen LogP contribution is -3.12. The minimum Gasteiger partial charge on any atom is -0.322 e. The van der Waals surface area contributed by atoms with Gasteiger partial charge >= 0.3 is 0 Å². The number of nitrogens with one attached hydrogen (secondary N) is 2. The van der Waals surface area contributed by atoms with Crippen molar-refractivity contribution in [2.45, 2.75) is 33.4 Å². The van der Waals surface area contributed by atoms with Gasteiger partial charge < -0.3 is 10.2 Å². The van der Waals surface area contributed by atoms with Gasteiger partial charge in [0.25, 0.3) is 5.91 Å². The lowest BCUT2D eigenvalue weighted by molar-refractivity contribution is -0.907. The third-order valence-electron chi connectivity index (χ3n) is 4.66. The number of hydrogen-bond donors (Lipinski definition) is 2. The molecule has 2 heterocycles. The van der Waals surface area contributed by atoms with Gasteiger partial charge in [0, 0.05) is 7.05 Å². The van der Waals surface area contributed by atoms with Crippen molar-refractivity contribution in [1.29, 1.82) is 0 Å². The highest BCUT2D eigenvalue weighted by Gasteiger charge is 2.25. The predicted molar refractivity (Wildman–Crippen MR) is 101 cm³/mol. The first-order valence-corrected chi connectivity index (χ1v) is 9.16. The summed E-state index contributed by atoms with van der Waals surface area (Å²) in [5.41, 5.74) is 3.63.